The van der Waals surface area contributed by atoms with Gasteiger partial charge in [0.05, 0.1) is 17.4 Å². The molecule has 0 fully saturated rings. The molecule has 1 amide bonds. The van der Waals surface area contributed by atoms with Gasteiger partial charge in [-0.2, -0.15) is 0 Å². The van der Waals surface area contributed by atoms with Crippen LogP contribution in [-0.4, -0.2) is 24.0 Å². The number of nitrogens with one attached hydrogen (secondary N) is 1. The molecule has 0 unspecified atom stereocenters. The summed E-state index contributed by atoms with van der Waals surface area (Å²) in [5.41, 5.74) is 2.30. The molecule has 1 heterocycles. The second-order valence-corrected chi connectivity index (χ2v) is 4.91. The highest BCUT2D eigenvalue weighted by atomic mass is 19.1. The van der Waals surface area contributed by atoms with E-state index in [1.807, 2.05) is 6.07 Å². The number of hydrogen-bond donors (Lipinski definition) is 1. The number of carbonyl (C=O) groups excluding carboxylic acids is 1. The second-order valence-electron chi connectivity index (χ2n) is 4.91. The maximum Gasteiger partial charge on any atom is 0.253 e. The Morgan fingerprint density at radius 3 is 2.50 bits per heavy atom. The number of pyridine rings is 1. The predicted octanol–water partition coefficient (Wildman–Crippen LogP) is 3.00. The van der Waals surface area contributed by atoms with Crippen LogP contribution in [0, 0.1) is 5.82 Å². The molecular weight excluding hydrogens is 281 g/mol. The van der Waals surface area contributed by atoms with E-state index in [0.29, 0.717) is 12.1 Å². The van der Waals surface area contributed by atoms with E-state index >= 15 is 0 Å². The zero-order chi connectivity index (χ0) is 15.9. The van der Waals surface area contributed by atoms with Gasteiger partial charge in [0.1, 0.15) is 5.82 Å². The highest BCUT2D eigenvalue weighted by molar-refractivity contribution is 5.94. The van der Waals surface area contributed by atoms with Crippen molar-refractivity contribution >= 4 is 11.6 Å². The molecule has 1 aromatic carbocycles. The van der Waals surface area contributed by atoms with Crippen LogP contribution in [0.3, 0.4) is 0 Å². The molecule has 1 N–H and O–H groups in total. The predicted molar refractivity (Wildman–Crippen MR) is 85.4 cm³/mol. The van der Waals surface area contributed by atoms with E-state index in [0.717, 1.165) is 24.3 Å². The first-order valence-corrected chi connectivity index (χ1v) is 7.36. The third kappa shape index (κ3) is 4.04. The molecular formula is C17H20FN3O. The number of rotatable bonds is 6. The van der Waals surface area contributed by atoms with Crippen molar-refractivity contribution in [2.45, 2.75) is 20.4 Å². The summed E-state index contributed by atoms with van der Waals surface area (Å²) < 4.78 is 12.8. The fraction of sp³-hybridized carbons (Fsp3) is 0.294. The molecule has 0 bridgehead atoms. The quantitative estimate of drug-likeness (QED) is 0.892. The zero-order valence-electron chi connectivity index (χ0n) is 12.8. The van der Waals surface area contributed by atoms with Crippen LogP contribution in [0.2, 0.25) is 0 Å². The molecule has 0 spiro atoms. The molecule has 2 rings (SSSR count). The number of hydrogen-bond acceptors (Lipinski definition) is 3. The van der Waals surface area contributed by atoms with Crippen LogP contribution in [0.25, 0.3) is 0 Å². The number of halogens is 1. The smallest absolute Gasteiger partial charge is 0.253 e. The first-order chi connectivity index (χ1) is 10.6. The minimum atomic E-state index is -0.286. The van der Waals surface area contributed by atoms with Gasteiger partial charge in [0, 0.05) is 25.8 Å². The lowest BCUT2D eigenvalue weighted by atomic mass is 10.2. The van der Waals surface area contributed by atoms with E-state index in [1.54, 1.807) is 24.5 Å². The van der Waals surface area contributed by atoms with Crippen molar-refractivity contribution in [2.75, 3.05) is 18.0 Å². The molecule has 1 aromatic heterocycles. The molecule has 116 valence electrons. The highest BCUT2D eigenvalue weighted by Crippen LogP contribution is 2.14. The largest absolute Gasteiger partial charge is 0.371 e. The number of anilines is 1. The number of nitrogens with zero attached hydrogens (tertiary/aromatic N) is 2. The van der Waals surface area contributed by atoms with Gasteiger partial charge in [-0.05, 0) is 37.6 Å². The molecule has 0 aliphatic carbocycles. The summed E-state index contributed by atoms with van der Waals surface area (Å²) >= 11 is 0. The van der Waals surface area contributed by atoms with E-state index in [4.69, 9.17) is 0 Å². The Kier molecular flexibility index (Phi) is 5.47. The molecule has 0 aliphatic heterocycles. The number of carbonyl (C=O) groups is 1. The molecule has 0 saturated heterocycles. The molecule has 0 radical (unpaired) electrons. The van der Waals surface area contributed by atoms with E-state index in [1.165, 1.54) is 12.1 Å². The summed E-state index contributed by atoms with van der Waals surface area (Å²) in [5, 5.41) is 2.82. The molecule has 4 nitrogen and oxygen atoms in total. The van der Waals surface area contributed by atoms with Crippen molar-refractivity contribution in [3.05, 3.63) is 59.7 Å². The Hall–Kier alpha value is -2.43. The van der Waals surface area contributed by atoms with Crippen LogP contribution in [-0.2, 0) is 6.54 Å². The van der Waals surface area contributed by atoms with Gasteiger partial charge in [0.25, 0.3) is 5.91 Å². The van der Waals surface area contributed by atoms with Gasteiger partial charge in [-0.15, -0.1) is 0 Å². The third-order valence-electron chi connectivity index (χ3n) is 3.48. The first-order valence-electron chi connectivity index (χ1n) is 7.36. The standard InChI is InChI=1S/C17H20FN3O/c1-3-21(4-2)16-9-14(11-19-12-16)17(22)20-10-13-5-7-15(18)8-6-13/h5-9,11-12H,3-4,10H2,1-2H3,(H,20,22). The summed E-state index contributed by atoms with van der Waals surface area (Å²) in [6.45, 7) is 6.20. The molecule has 0 atom stereocenters. The van der Waals surface area contributed by atoms with E-state index in [-0.39, 0.29) is 11.7 Å². The van der Waals surface area contributed by atoms with Crippen molar-refractivity contribution in [2.24, 2.45) is 0 Å². The van der Waals surface area contributed by atoms with Gasteiger partial charge in [-0.3, -0.25) is 9.78 Å². The van der Waals surface area contributed by atoms with Gasteiger partial charge in [-0.1, -0.05) is 12.1 Å². The molecule has 5 heteroatoms. The second kappa shape index (κ2) is 7.54. The van der Waals surface area contributed by atoms with E-state index < -0.39 is 0 Å². The summed E-state index contributed by atoms with van der Waals surface area (Å²) in [4.78, 5) is 18.5. The van der Waals surface area contributed by atoms with Crippen molar-refractivity contribution in [1.82, 2.24) is 10.3 Å². The normalized spacial score (nSPS) is 10.3. The van der Waals surface area contributed by atoms with Gasteiger partial charge in [0.2, 0.25) is 0 Å². The van der Waals surface area contributed by atoms with Gasteiger partial charge < -0.3 is 10.2 Å². The minimum Gasteiger partial charge on any atom is -0.371 e. The summed E-state index contributed by atoms with van der Waals surface area (Å²) in [5.74, 6) is -0.475. The summed E-state index contributed by atoms with van der Waals surface area (Å²) in [6.07, 6.45) is 3.30. The average molecular weight is 301 g/mol. The maximum absolute atomic E-state index is 12.8. The maximum atomic E-state index is 12.8. The van der Waals surface area contributed by atoms with Crippen LogP contribution in [0.15, 0.2) is 42.7 Å². The lowest BCUT2D eigenvalue weighted by Crippen LogP contribution is -2.25. The minimum absolute atomic E-state index is 0.189. The topological polar surface area (TPSA) is 45.2 Å². The molecule has 2 aromatic rings. The number of amides is 1. The van der Waals surface area contributed by atoms with Crippen molar-refractivity contribution < 1.29 is 9.18 Å². The molecule has 0 saturated carbocycles. The molecule has 0 aliphatic rings. The van der Waals surface area contributed by atoms with E-state index in [2.05, 4.69) is 29.0 Å². The first kappa shape index (κ1) is 15.9. The van der Waals surface area contributed by atoms with Crippen LogP contribution in [0.1, 0.15) is 29.8 Å². The van der Waals surface area contributed by atoms with Gasteiger partial charge >= 0.3 is 0 Å². The fourth-order valence-corrected chi connectivity index (χ4v) is 2.20. The Morgan fingerprint density at radius 1 is 1.18 bits per heavy atom. The van der Waals surface area contributed by atoms with Crippen molar-refractivity contribution in [1.29, 1.82) is 0 Å². The number of aromatic nitrogens is 1. The third-order valence-corrected chi connectivity index (χ3v) is 3.48. The lowest BCUT2D eigenvalue weighted by molar-refractivity contribution is 0.0950. The summed E-state index contributed by atoms with van der Waals surface area (Å²) in [6, 6.07) is 7.90. The Bertz CT molecular complexity index is 624. The Morgan fingerprint density at radius 2 is 1.86 bits per heavy atom. The van der Waals surface area contributed by atoms with Gasteiger partial charge in [0.15, 0.2) is 0 Å². The molecule has 22 heavy (non-hydrogen) atoms. The van der Waals surface area contributed by atoms with Crippen LogP contribution in [0.5, 0.6) is 0 Å². The SMILES string of the molecule is CCN(CC)c1cncc(C(=O)NCc2ccc(F)cc2)c1. The van der Waals surface area contributed by atoms with Crippen LogP contribution in [0.4, 0.5) is 10.1 Å². The van der Waals surface area contributed by atoms with Crippen LogP contribution >= 0.6 is 0 Å². The zero-order valence-corrected chi connectivity index (χ0v) is 12.8. The summed E-state index contributed by atoms with van der Waals surface area (Å²) in [7, 11) is 0. The monoisotopic (exact) mass is 301 g/mol. The Balaban J connectivity index is 2.03. The van der Waals surface area contributed by atoms with Crippen LogP contribution < -0.4 is 10.2 Å². The average Bonchev–Trinajstić information content (AvgIpc) is 2.55. The van der Waals surface area contributed by atoms with Gasteiger partial charge in [-0.25, -0.2) is 4.39 Å². The highest BCUT2D eigenvalue weighted by Gasteiger charge is 2.09. The fourth-order valence-electron chi connectivity index (χ4n) is 2.20. The van der Waals surface area contributed by atoms with E-state index in [9.17, 15) is 9.18 Å². The number of benzene rings is 1. The van der Waals surface area contributed by atoms with Crippen molar-refractivity contribution in [3.63, 3.8) is 0 Å². The Labute approximate surface area is 130 Å². The van der Waals surface area contributed by atoms with Crippen molar-refractivity contribution in [3.8, 4) is 0 Å². The lowest BCUT2D eigenvalue weighted by Gasteiger charge is -2.20.